The van der Waals surface area contributed by atoms with Crippen LogP contribution in [0, 0.1) is 10.1 Å². The highest BCUT2D eigenvalue weighted by Crippen LogP contribution is 2.30. The zero-order valence-corrected chi connectivity index (χ0v) is 14.7. The first kappa shape index (κ1) is 18.0. The van der Waals surface area contributed by atoms with Crippen molar-refractivity contribution < 1.29 is 14.5 Å². The molecule has 0 atom stereocenters. The van der Waals surface area contributed by atoms with Gasteiger partial charge in [0.2, 0.25) is 0 Å². The van der Waals surface area contributed by atoms with Gasteiger partial charge in [-0.1, -0.05) is 11.6 Å². The fourth-order valence-corrected chi connectivity index (χ4v) is 2.99. The molecule has 2 aromatic carbocycles. The van der Waals surface area contributed by atoms with Crippen LogP contribution in [0.1, 0.15) is 12.8 Å². The second-order valence-electron chi connectivity index (χ2n) is 5.95. The summed E-state index contributed by atoms with van der Waals surface area (Å²) in [5, 5.41) is 14.0. The molecule has 1 amide bonds. The fourth-order valence-electron chi connectivity index (χ4n) is 2.83. The number of hydrogen-bond donors (Lipinski definition) is 1. The van der Waals surface area contributed by atoms with Crippen LogP contribution in [-0.2, 0) is 4.79 Å². The number of rotatable bonds is 6. The molecule has 0 unspecified atom stereocenters. The maximum atomic E-state index is 12.0. The molecule has 2 aromatic rings. The molecule has 136 valence electrons. The Morgan fingerprint density at radius 1 is 1.19 bits per heavy atom. The number of hydrogen-bond acceptors (Lipinski definition) is 5. The van der Waals surface area contributed by atoms with Crippen molar-refractivity contribution >= 4 is 34.6 Å². The highest BCUT2D eigenvalue weighted by atomic mass is 35.5. The van der Waals surface area contributed by atoms with Gasteiger partial charge in [-0.25, -0.2) is 0 Å². The Labute approximate surface area is 155 Å². The Kier molecular flexibility index (Phi) is 5.58. The van der Waals surface area contributed by atoms with Crippen molar-refractivity contribution in [3.8, 4) is 5.75 Å². The summed E-state index contributed by atoms with van der Waals surface area (Å²) < 4.78 is 5.27. The van der Waals surface area contributed by atoms with Gasteiger partial charge in [0.15, 0.2) is 12.4 Å². The standard InChI is InChI=1S/C18H18ClN3O4/c19-13-3-8-17(16(11-13)22(24)25)26-12-18(23)20-14-4-6-15(7-5-14)21-9-1-2-10-21/h3-8,11H,1-2,9-10,12H2,(H,20,23). The third-order valence-corrected chi connectivity index (χ3v) is 4.33. The van der Waals surface area contributed by atoms with Gasteiger partial charge in [0.05, 0.1) is 4.92 Å². The normalized spacial score (nSPS) is 13.5. The van der Waals surface area contributed by atoms with Crippen LogP contribution in [0.15, 0.2) is 42.5 Å². The van der Waals surface area contributed by atoms with Gasteiger partial charge in [-0.05, 0) is 49.2 Å². The van der Waals surface area contributed by atoms with Gasteiger partial charge >= 0.3 is 5.69 Å². The van der Waals surface area contributed by atoms with Gasteiger partial charge in [0.1, 0.15) is 0 Å². The van der Waals surface area contributed by atoms with Crippen LogP contribution in [-0.4, -0.2) is 30.5 Å². The Morgan fingerprint density at radius 2 is 1.88 bits per heavy atom. The summed E-state index contributed by atoms with van der Waals surface area (Å²) in [5.41, 5.74) is 1.50. The molecule has 3 rings (SSSR count). The second-order valence-corrected chi connectivity index (χ2v) is 6.38. The van der Waals surface area contributed by atoms with Crippen molar-refractivity contribution in [3.05, 3.63) is 57.6 Å². The summed E-state index contributed by atoms with van der Waals surface area (Å²) in [4.78, 5) is 24.7. The van der Waals surface area contributed by atoms with E-state index in [-0.39, 0.29) is 23.1 Å². The third-order valence-electron chi connectivity index (χ3n) is 4.10. The number of nitro benzene ring substituents is 1. The van der Waals surface area contributed by atoms with Crippen molar-refractivity contribution in [2.45, 2.75) is 12.8 Å². The molecule has 26 heavy (non-hydrogen) atoms. The van der Waals surface area contributed by atoms with E-state index in [9.17, 15) is 14.9 Å². The van der Waals surface area contributed by atoms with Crippen LogP contribution < -0.4 is 15.0 Å². The Hall–Kier alpha value is -2.80. The number of nitro groups is 1. The lowest BCUT2D eigenvalue weighted by Gasteiger charge is -2.17. The van der Waals surface area contributed by atoms with Crippen LogP contribution in [0.3, 0.4) is 0 Å². The predicted octanol–water partition coefficient (Wildman–Crippen LogP) is 3.87. The third kappa shape index (κ3) is 4.43. The van der Waals surface area contributed by atoms with Crippen LogP contribution in [0.2, 0.25) is 5.02 Å². The van der Waals surface area contributed by atoms with Crippen molar-refractivity contribution in [2.75, 3.05) is 29.9 Å². The summed E-state index contributed by atoms with van der Waals surface area (Å²) in [6.45, 7) is 1.77. The number of anilines is 2. The molecule has 0 bridgehead atoms. The molecule has 0 aliphatic carbocycles. The first-order chi connectivity index (χ1) is 12.5. The van der Waals surface area contributed by atoms with Crippen molar-refractivity contribution in [3.63, 3.8) is 0 Å². The van der Waals surface area contributed by atoms with Crippen LogP contribution in [0.5, 0.6) is 5.75 Å². The molecule has 1 saturated heterocycles. The zero-order chi connectivity index (χ0) is 18.5. The molecule has 8 heteroatoms. The molecular weight excluding hydrogens is 358 g/mol. The van der Waals surface area contributed by atoms with Gasteiger partial charge in [-0.2, -0.15) is 0 Å². The van der Waals surface area contributed by atoms with E-state index in [1.807, 2.05) is 24.3 Å². The Balaban J connectivity index is 1.57. The summed E-state index contributed by atoms with van der Waals surface area (Å²) in [5.74, 6) is -0.401. The van der Waals surface area contributed by atoms with Gasteiger partial charge in [-0.3, -0.25) is 14.9 Å². The highest BCUT2D eigenvalue weighted by Gasteiger charge is 2.17. The molecule has 0 aromatic heterocycles. The minimum absolute atomic E-state index is 0.000990. The smallest absolute Gasteiger partial charge is 0.312 e. The minimum Gasteiger partial charge on any atom is -0.477 e. The van der Waals surface area contributed by atoms with E-state index < -0.39 is 10.8 Å². The fraction of sp³-hybridized carbons (Fsp3) is 0.278. The molecule has 1 fully saturated rings. The Bertz CT molecular complexity index is 805. The highest BCUT2D eigenvalue weighted by molar-refractivity contribution is 6.30. The number of carbonyl (C=O) groups excluding carboxylic acids is 1. The Morgan fingerprint density at radius 3 is 2.54 bits per heavy atom. The van der Waals surface area contributed by atoms with Crippen molar-refractivity contribution in [2.24, 2.45) is 0 Å². The van der Waals surface area contributed by atoms with E-state index >= 15 is 0 Å². The van der Waals surface area contributed by atoms with E-state index in [0.717, 1.165) is 18.8 Å². The minimum atomic E-state index is -0.601. The van der Waals surface area contributed by atoms with E-state index in [2.05, 4.69) is 10.2 Å². The zero-order valence-electron chi connectivity index (χ0n) is 14.0. The number of carbonyl (C=O) groups is 1. The number of ether oxygens (including phenoxy) is 1. The summed E-state index contributed by atoms with van der Waals surface area (Å²) >= 11 is 5.75. The van der Waals surface area contributed by atoms with Gasteiger partial charge in [-0.15, -0.1) is 0 Å². The number of halogens is 1. The molecule has 1 N–H and O–H groups in total. The number of nitrogens with one attached hydrogen (secondary N) is 1. The lowest BCUT2D eigenvalue weighted by molar-refractivity contribution is -0.385. The lowest BCUT2D eigenvalue weighted by Crippen LogP contribution is -2.21. The molecule has 7 nitrogen and oxygen atoms in total. The number of nitrogens with zero attached hydrogens (tertiary/aromatic N) is 2. The van der Waals surface area contributed by atoms with E-state index in [4.69, 9.17) is 16.3 Å². The van der Waals surface area contributed by atoms with E-state index in [1.165, 1.54) is 31.0 Å². The van der Waals surface area contributed by atoms with E-state index in [1.54, 1.807) is 0 Å². The summed E-state index contributed by atoms with van der Waals surface area (Å²) in [7, 11) is 0. The molecule has 0 spiro atoms. The maximum absolute atomic E-state index is 12.0. The topological polar surface area (TPSA) is 84.7 Å². The lowest BCUT2D eigenvalue weighted by atomic mass is 10.2. The average Bonchev–Trinajstić information content (AvgIpc) is 3.16. The molecule has 0 radical (unpaired) electrons. The molecule has 1 aliphatic rings. The van der Waals surface area contributed by atoms with Gasteiger partial charge in [0, 0.05) is 35.6 Å². The van der Waals surface area contributed by atoms with Crippen LogP contribution in [0.25, 0.3) is 0 Å². The van der Waals surface area contributed by atoms with Gasteiger partial charge < -0.3 is 15.0 Å². The summed E-state index contributed by atoms with van der Waals surface area (Å²) in [6.07, 6.45) is 2.40. The quantitative estimate of drug-likeness (QED) is 0.612. The summed E-state index contributed by atoms with van der Waals surface area (Å²) in [6, 6.07) is 11.6. The maximum Gasteiger partial charge on any atom is 0.312 e. The molecule has 1 heterocycles. The second kappa shape index (κ2) is 8.05. The number of amides is 1. The first-order valence-electron chi connectivity index (χ1n) is 8.24. The largest absolute Gasteiger partial charge is 0.477 e. The first-order valence-corrected chi connectivity index (χ1v) is 8.62. The average molecular weight is 376 g/mol. The van der Waals surface area contributed by atoms with Crippen molar-refractivity contribution in [1.29, 1.82) is 0 Å². The number of benzene rings is 2. The molecule has 0 saturated carbocycles. The monoisotopic (exact) mass is 375 g/mol. The van der Waals surface area contributed by atoms with Crippen LogP contribution >= 0.6 is 11.6 Å². The SMILES string of the molecule is O=C(COc1ccc(Cl)cc1[N+](=O)[O-])Nc1ccc(N2CCCC2)cc1. The molecule has 1 aliphatic heterocycles. The van der Waals surface area contributed by atoms with Gasteiger partial charge in [0.25, 0.3) is 5.91 Å². The van der Waals surface area contributed by atoms with E-state index in [0.29, 0.717) is 5.69 Å². The van der Waals surface area contributed by atoms with Crippen LogP contribution in [0.4, 0.5) is 17.1 Å². The predicted molar refractivity (Wildman–Crippen MR) is 100 cm³/mol. The molecular formula is C18H18ClN3O4. The van der Waals surface area contributed by atoms with Crippen molar-refractivity contribution in [1.82, 2.24) is 0 Å².